The van der Waals surface area contributed by atoms with E-state index in [0.29, 0.717) is 0 Å². The molecule has 0 N–H and O–H groups in total. The zero-order chi connectivity index (χ0) is 15.8. The smallest absolute Gasteiger partial charge is 0.126 e. The van der Waals surface area contributed by atoms with E-state index in [4.69, 9.17) is 0 Å². The Morgan fingerprint density at radius 2 is 1.14 bits per heavy atom. The van der Waals surface area contributed by atoms with Gasteiger partial charge in [-0.1, -0.05) is 10.4 Å². The molecule has 0 aromatic carbocycles. The Kier molecular flexibility index (Phi) is 6.57. The second-order valence-corrected chi connectivity index (χ2v) is 5.38. The molecule has 3 aliphatic heterocycles. The molecular formula is C12H27N9. The van der Waals surface area contributed by atoms with Gasteiger partial charge in [0.15, 0.2) is 0 Å². The van der Waals surface area contributed by atoms with Crippen molar-refractivity contribution >= 4 is 6.34 Å². The first-order valence-corrected chi connectivity index (χ1v) is 6.75. The van der Waals surface area contributed by atoms with Crippen LogP contribution in [0.15, 0.2) is 27.9 Å². The molecule has 0 aromatic heterocycles. The Morgan fingerprint density at radius 1 is 0.619 bits per heavy atom. The molecule has 0 amide bonds. The summed E-state index contributed by atoms with van der Waals surface area (Å²) >= 11 is 0. The van der Waals surface area contributed by atoms with E-state index in [0.717, 1.165) is 20.0 Å². The molecule has 0 saturated heterocycles. The fourth-order valence-corrected chi connectivity index (χ4v) is 1.74. The van der Waals surface area contributed by atoms with Gasteiger partial charge in [0.05, 0.1) is 6.67 Å². The van der Waals surface area contributed by atoms with Gasteiger partial charge >= 0.3 is 0 Å². The Morgan fingerprint density at radius 3 is 1.29 bits per heavy atom. The molecule has 3 rings (SSSR count). The van der Waals surface area contributed by atoms with Gasteiger partial charge in [0.25, 0.3) is 0 Å². The predicted octanol–water partition coefficient (Wildman–Crippen LogP) is 0.160. The van der Waals surface area contributed by atoms with Crippen LogP contribution in [0, 0.1) is 0 Å². The van der Waals surface area contributed by atoms with Crippen molar-refractivity contribution in [2.75, 3.05) is 62.3 Å². The summed E-state index contributed by atoms with van der Waals surface area (Å²) in [4.78, 5) is 6.26. The molecule has 0 bridgehead atoms. The molecule has 21 heavy (non-hydrogen) atoms. The molecule has 0 aromatic rings. The second kappa shape index (κ2) is 8.18. The van der Waals surface area contributed by atoms with Gasteiger partial charge in [0.1, 0.15) is 19.7 Å². The van der Waals surface area contributed by atoms with E-state index in [-0.39, 0.29) is 0 Å². The van der Waals surface area contributed by atoms with Gasteiger partial charge in [-0.05, 0) is 0 Å². The molecule has 0 atom stereocenters. The molecule has 9 nitrogen and oxygen atoms in total. The van der Waals surface area contributed by atoms with Crippen LogP contribution >= 0.6 is 0 Å². The topological polar surface area (TPSA) is 56.5 Å². The Hall–Kier alpha value is -2.19. The van der Waals surface area contributed by atoms with Gasteiger partial charge in [0, 0.05) is 54.7 Å². The third-order valence-corrected chi connectivity index (χ3v) is 2.65. The summed E-state index contributed by atoms with van der Waals surface area (Å²) in [5, 5.41) is 16.8. The van der Waals surface area contributed by atoms with E-state index >= 15 is 0 Å². The highest BCUT2D eigenvalue weighted by atomic mass is 15.8. The molecule has 3 heterocycles. The first kappa shape index (κ1) is 16.9. The summed E-state index contributed by atoms with van der Waals surface area (Å²) in [5.41, 5.74) is 0. The van der Waals surface area contributed by atoms with Crippen molar-refractivity contribution < 1.29 is 0 Å². The van der Waals surface area contributed by atoms with Crippen LogP contribution in [0.2, 0.25) is 0 Å². The average molecular weight is 297 g/mol. The molecule has 0 radical (unpaired) electrons. The van der Waals surface area contributed by atoms with Crippen LogP contribution in [0.1, 0.15) is 0 Å². The van der Waals surface area contributed by atoms with Crippen LogP contribution < -0.4 is 0 Å². The fraction of sp³-hybridized carbons (Fsp3) is 0.750. The Labute approximate surface area is 127 Å². The predicted molar refractivity (Wildman–Crippen MR) is 83.7 cm³/mol. The zero-order valence-electron chi connectivity index (χ0n) is 13.9. The summed E-state index contributed by atoms with van der Waals surface area (Å²) in [6.45, 7) is 2.75. The lowest BCUT2D eigenvalue weighted by molar-refractivity contribution is 0.278. The molecular weight excluding hydrogens is 270 g/mol. The lowest BCUT2D eigenvalue weighted by atomic mass is 10.9. The van der Waals surface area contributed by atoms with Gasteiger partial charge in [-0.2, -0.15) is 5.10 Å². The van der Waals surface area contributed by atoms with Crippen molar-refractivity contribution in [3.8, 4) is 0 Å². The van der Waals surface area contributed by atoms with Gasteiger partial charge in [-0.25, -0.2) is 0 Å². The molecule has 0 spiro atoms. The number of hydrogen-bond donors (Lipinski definition) is 0. The summed E-state index contributed by atoms with van der Waals surface area (Å²) in [6.07, 6.45) is 5.92. The first-order valence-electron chi connectivity index (χ1n) is 6.75. The van der Waals surface area contributed by atoms with Crippen LogP contribution in [0.4, 0.5) is 0 Å². The molecule has 0 unspecified atom stereocenters. The Bertz CT molecular complexity index is 294. The maximum absolute atomic E-state index is 3.95. The van der Waals surface area contributed by atoms with Crippen molar-refractivity contribution in [2.24, 2.45) is 15.5 Å². The van der Waals surface area contributed by atoms with Crippen LogP contribution in [-0.4, -0.2) is 98.4 Å². The number of nitrogens with zero attached hydrogens (tertiary/aromatic N) is 9. The maximum Gasteiger partial charge on any atom is 0.126 e. The van der Waals surface area contributed by atoms with E-state index in [2.05, 4.69) is 51.8 Å². The van der Waals surface area contributed by atoms with Crippen molar-refractivity contribution in [3.05, 3.63) is 12.4 Å². The molecule has 0 saturated carbocycles. The summed E-state index contributed by atoms with van der Waals surface area (Å²) in [6, 6.07) is 0. The van der Waals surface area contributed by atoms with Crippen LogP contribution in [-0.2, 0) is 0 Å². The highest BCUT2D eigenvalue weighted by molar-refractivity contribution is 5.55. The monoisotopic (exact) mass is 297 g/mol. The van der Waals surface area contributed by atoms with E-state index < -0.39 is 0 Å². The van der Waals surface area contributed by atoms with E-state index in [1.54, 1.807) is 16.4 Å². The summed E-state index contributed by atoms with van der Waals surface area (Å²) < 4.78 is 0. The third-order valence-electron chi connectivity index (χ3n) is 2.65. The van der Waals surface area contributed by atoms with E-state index in [9.17, 15) is 0 Å². The number of hydrazone groups is 1. The molecule has 0 aliphatic carbocycles. The summed E-state index contributed by atoms with van der Waals surface area (Å²) in [7, 11) is 11.8. The largest absolute Gasteiger partial charge is 0.362 e. The Balaban J connectivity index is 0.000000157. The van der Waals surface area contributed by atoms with E-state index in [1.807, 2.05) is 38.1 Å². The standard InChI is InChI=1S/C5H10N2.C4H9N3.C3H8N4/c1-6-3-4-7(2)5-6;1-6-3-5-7(2)4-6;1-6-3-7(2)5-4-6/h3-4H,5H2,1-2H3;3H,4H2,1-2H3;3H2,1-2H3. The van der Waals surface area contributed by atoms with Gasteiger partial charge in [-0.3, -0.25) is 15.0 Å². The first-order chi connectivity index (χ1) is 9.86. The maximum atomic E-state index is 3.95. The fourth-order valence-electron chi connectivity index (χ4n) is 1.74. The van der Waals surface area contributed by atoms with Crippen molar-refractivity contribution in [1.29, 1.82) is 0 Å². The highest BCUT2D eigenvalue weighted by Gasteiger charge is 2.03. The number of hydrogen-bond acceptors (Lipinski definition) is 9. The summed E-state index contributed by atoms with van der Waals surface area (Å²) in [5.74, 6) is 0. The molecule has 120 valence electrons. The average Bonchev–Trinajstić information content (AvgIpc) is 3.06. The minimum Gasteiger partial charge on any atom is -0.362 e. The van der Waals surface area contributed by atoms with Gasteiger partial charge in [0.2, 0.25) is 0 Å². The quantitative estimate of drug-likeness (QED) is 0.635. The van der Waals surface area contributed by atoms with E-state index in [1.165, 1.54) is 0 Å². The molecule has 9 heteroatoms. The van der Waals surface area contributed by atoms with Crippen molar-refractivity contribution in [1.82, 2.24) is 29.7 Å². The van der Waals surface area contributed by atoms with Crippen molar-refractivity contribution in [2.45, 2.75) is 0 Å². The van der Waals surface area contributed by atoms with Crippen LogP contribution in [0.3, 0.4) is 0 Å². The minimum absolute atomic E-state index is 0.806. The van der Waals surface area contributed by atoms with Crippen molar-refractivity contribution in [3.63, 3.8) is 0 Å². The molecule has 3 aliphatic rings. The highest BCUT2D eigenvalue weighted by Crippen LogP contribution is 1.98. The number of rotatable bonds is 0. The van der Waals surface area contributed by atoms with Crippen LogP contribution in [0.25, 0.3) is 0 Å². The van der Waals surface area contributed by atoms with Crippen LogP contribution in [0.5, 0.6) is 0 Å². The second-order valence-electron chi connectivity index (χ2n) is 5.38. The minimum atomic E-state index is 0.806. The lowest BCUT2D eigenvalue weighted by Gasteiger charge is -2.10. The SMILES string of the molecule is CN1C=CN(C)C1.CN1C=NN(C)C1.CN1CN(C)N=N1. The zero-order valence-corrected chi connectivity index (χ0v) is 13.9. The van der Waals surface area contributed by atoms with Gasteiger partial charge in [-0.15, -0.1) is 0 Å². The van der Waals surface area contributed by atoms with Gasteiger partial charge < -0.3 is 14.7 Å². The normalized spacial score (nSPS) is 19.1. The lowest BCUT2D eigenvalue weighted by Crippen LogP contribution is -2.19. The molecule has 0 fully saturated rings. The third kappa shape index (κ3) is 7.23.